The fourth-order valence-electron chi connectivity index (χ4n) is 3.84. The lowest BCUT2D eigenvalue weighted by Gasteiger charge is -2.29. The molecule has 0 radical (unpaired) electrons. The Hall–Kier alpha value is -2.77. The number of benzene rings is 1. The van der Waals surface area contributed by atoms with Crippen LogP contribution >= 0.6 is 0 Å². The maximum Gasteiger partial charge on any atom is 0.231 e. The van der Waals surface area contributed by atoms with Gasteiger partial charge in [-0.1, -0.05) is 5.16 Å². The van der Waals surface area contributed by atoms with Gasteiger partial charge < -0.3 is 28.2 Å². The number of aromatic nitrogens is 1. The van der Waals surface area contributed by atoms with E-state index in [1.54, 1.807) is 16.1 Å². The molecule has 0 amide bonds. The van der Waals surface area contributed by atoms with E-state index < -0.39 is 0 Å². The average Bonchev–Trinajstić information content (AvgIpc) is 3.44. The number of piperazine rings is 1. The molecule has 0 saturated carbocycles. The molecule has 3 aromatic rings. The zero-order valence-electron chi connectivity index (χ0n) is 15.1. The smallest absolute Gasteiger partial charge is 0.231 e. The lowest BCUT2D eigenvalue weighted by atomic mass is 10.1. The number of hydrogen-bond acceptors (Lipinski definition) is 5. The summed E-state index contributed by atoms with van der Waals surface area (Å²) in [5.74, 6) is 3.14. The molecular formula is C20H23N3O4+2. The van der Waals surface area contributed by atoms with Crippen molar-refractivity contribution in [2.45, 2.75) is 13.1 Å². The molecule has 140 valence electrons. The third-order valence-electron chi connectivity index (χ3n) is 5.31. The number of hydrogen-bond donors (Lipinski definition) is 2. The van der Waals surface area contributed by atoms with Crippen molar-refractivity contribution in [3.63, 3.8) is 0 Å². The van der Waals surface area contributed by atoms with Gasteiger partial charge in [0.25, 0.3) is 0 Å². The van der Waals surface area contributed by atoms with E-state index in [1.807, 2.05) is 24.3 Å². The minimum absolute atomic E-state index is 0.331. The fraction of sp³-hybridized carbons (Fsp3) is 0.350. The molecular weight excluding hydrogens is 346 g/mol. The molecule has 0 bridgehead atoms. The van der Waals surface area contributed by atoms with Crippen LogP contribution in [0.4, 0.5) is 0 Å². The first-order valence-corrected chi connectivity index (χ1v) is 9.38. The summed E-state index contributed by atoms with van der Waals surface area (Å²) >= 11 is 0. The Kier molecular flexibility index (Phi) is 4.31. The van der Waals surface area contributed by atoms with Gasteiger partial charge in [-0.15, -0.1) is 0 Å². The Morgan fingerprint density at radius 2 is 1.67 bits per heavy atom. The van der Waals surface area contributed by atoms with E-state index in [2.05, 4.69) is 17.3 Å². The predicted octanol–water partition coefficient (Wildman–Crippen LogP) is 0.147. The van der Waals surface area contributed by atoms with Gasteiger partial charge in [0.2, 0.25) is 12.6 Å². The van der Waals surface area contributed by atoms with Crippen molar-refractivity contribution in [2.75, 3.05) is 33.0 Å². The van der Waals surface area contributed by atoms with Crippen molar-refractivity contribution < 1.29 is 28.2 Å². The molecule has 1 aromatic carbocycles. The molecule has 7 nitrogen and oxygen atoms in total. The first-order valence-electron chi connectivity index (χ1n) is 9.38. The Morgan fingerprint density at radius 3 is 2.48 bits per heavy atom. The van der Waals surface area contributed by atoms with E-state index >= 15 is 0 Å². The van der Waals surface area contributed by atoms with E-state index in [0.29, 0.717) is 12.6 Å². The van der Waals surface area contributed by atoms with E-state index in [4.69, 9.17) is 18.4 Å². The van der Waals surface area contributed by atoms with Gasteiger partial charge >= 0.3 is 0 Å². The molecule has 4 heterocycles. The third kappa shape index (κ3) is 3.56. The molecule has 7 heteroatoms. The largest absolute Gasteiger partial charge is 0.461 e. The zero-order chi connectivity index (χ0) is 18.1. The van der Waals surface area contributed by atoms with Gasteiger partial charge in [-0.2, -0.15) is 0 Å². The van der Waals surface area contributed by atoms with Crippen LogP contribution in [0.3, 0.4) is 0 Å². The molecule has 2 aliphatic rings. The maximum atomic E-state index is 5.48. The summed E-state index contributed by atoms with van der Waals surface area (Å²) in [4.78, 5) is 3.15. The van der Waals surface area contributed by atoms with Gasteiger partial charge in [0.1, 0.15) is 45.0 Å². The Balaban J connectivity index is 1.14. The van der Waals surface area contributed by atoms with Gasteiger partial charge in [-0.05, 0) is 30.3 Å². The van der Waals surface area contributed by atoms with Gasteiger partial charge in [0.05, 0.1) is 6.26 Å². The summed E-state index contributed by atoms with van der Waals surface area (Å²) in [5.41, 5.74) is 2.29. The molecule has 2 N–H and O–H groups in total. The second-order valence-electron chi connectivity index (χ2n) is 7.20. The average molecular weight is 369 g/mol. The van der Waals surface area contributed by atoms with Gasteiger partial charge in [0, 0.05) is 11.6 Å². The van der Waals surface area contributed by atoms with Gasteiger partial charge in [0.15, 0.2) is 17.3 Å². The highest BCUT2D eigenvalue weighted by molar-refractivity contribution is 5.49. The molecule has 27 heavy (non-hydrogen) atoms. The Morgan fingerprint density at radius 1 is 0.852 bits per heavy atom. The molecule has 0 atom stereocenters. The number of nitrogens with one attached hydrogen (secondary N) is 2. The standard InChI is InChI=1S/C20H21N3O4/c1-2-17(24-9-1)20-11-16(21-27-20)13-23-7-5-22(6-8-23)12-15-3-4-18-19(10-15)26-14-25-18/h1-4,9-11H,5-8,12-14H2/p+2. The Labute approximate surface area is 157 Å². The van der Waals surface area contributed by atoms with E-state index in [-0.39, 0.29) is 0 Å². The summed E-state index contributed by atoms with van der Waals surface area (Å²) in [6, 6.07) is 12.0. The van der Waals surface area contributed by atoms with E-state index in [0.717, 1.165) is 62.2 Å². The lowest BCUT2D eigenvalue weighted by molar-refractivity contribution is -1.02. The molecule has 1 saturated heterocycles. The number of nitrogens with zero attached hydrogens (tertiary/aromatic N) is 1. The highest BCUT2D eigenvalue weighted by Gasteiger charge is 2.25. The molecule has 0 spiro atoms. The van der Waals surface area contributed by atoms with Crippen molar-refractivity contribution in [2.24, 2.45) is 0 Å². The summed E-state index contributed by atoms with van der Waals surface area (Å²) < 4.78 is 21.6. The van der Waals surface area contributed by atoms with Gasteiger partial charge in [-0.3, -0.25) is 0 Å². The van der Waals surface area contributed by atoms with Crippen LogP contribution in [0.1, 0.15) is 11.3 Å². The normalized spacial score (nSPS) is 21.5. The second-order valence-corrected chi connectivity index (χ2v) is 7.20. The fourth-order valence-corrected chi connectivity index (χ4v) is 3.84. The highest BCUT2D eigenvalue weighted by Crippen LogP contribution is 2.32. The SMILES string of the molecule is c1coc(-c2cc(C[NH+]3CC[NH+](Cc4ccc5c(c4)OCO5)CC3)no2)c1. The van der Waals surface area contributed by atoms with Crippen LogP contribution in [-0.2, 0) is 13.1 Å². The summed E-state index contributed by atoms with van der Waals surface area (Å²) in [7, 11) is 0. The third-order valence-corrected chi connectivity index (χ3v) is 5.31. The first-order chi connectivity index (χ1) is 13.3. The van der Waals surface area contributed by atoms with Gasteiger partial charge in [-0.25, -0.2) is 0 Å². The summed E-state index contributed by atoms with van der Waals surface area (Å²) in [6.07, 6.45) is 1.64. The number of rotatable bonds is 5. The van der Waals surface area contributed by atoms with Crippen molar-refractivity contribution in [3.8, 4) is 23.0 Å². The molecule has 5 rings (SSSR count). The molecule has 0 aliphatic carbocycles. The monoisotopic (exact) mass is 369 g/mol. The van der Waals surface area contributed by atoms with Crippen molar-refractivity contribution in [1.29, 1.82) is 0 Å². The number of quaternary nitrogens is 2. The lowest BCUT2D eigenvalue weighted by Crippen LogP contribution is -3.27. The first kappa shape index (κ1) is 16.4. The van der Waals surface area contributed by atoms with Crippen LogP contribution in [0, 0.1) is 0 Å². The van der Waals surface area contributed by atoms with Crippen molar-refractivity contribution >= 4 is 0 Å². The predicted molar refractivity (Wildman–Crippen MR) is 95.6 cm³/mol. The zero-order valence-corrected chi connectivity index (χ0v) is 15.1. The highest BCUT2D eigenvalue weighted by atomic mass is 16.7. The second kappa shape index (κ2) is 7.09. The van der Waals surface area contributed by atoms with Crippen molar-refractivity contribution in [3.05, 3.63) is 53.9 Å². The van der Waals surface area contributed by atoms with Crippen molar-refractivity contribution in [1.82, 2.24) is 5.16 Å². The minimum atomic E-state index is 0.331. The molecule has 1 fully saturated rings. The van der Waals surface area contributed by atoms with E-state index in [9.17, 15) is 0 Å². The number of furan rings is 1. The topological polar surface area (TPSA) is 66.5 Å². The molecule has 2 aromatic heterocycles. The maximum absolute atomic E-state index is 5.48. The van der Waals surface area contributed by atoms with Crippen LogP contribution in [0.5, 0.6) is 11.5 Å². The number of ether oxygens (including phenoxy) is 2. The quantitative estimate of drug-likeness (QED) is 0.670. The van der Waals surface area contributed by atoms with Crippen LogP contribution in [0.2, 0.25) is 0 Å². The van der Waals surface area contributed by atoms with E-state index in [1.165, 1.54) is 5.56 Å². The van der Waals surface area contributed by atoms with Crippen LogP contribution in [-0.4, -0.2) is 38.1 Å². The Bertz CT molecular complexity index is 898. The van der Waals surface area contributed by atoms with Crippen LogP contribution < -0.4 is 19.3 Å². The number of fused-ring (bicyclic) bond motifs is 1. The molecule has 0 unspecified atom stereocenters. The summed E-state index contributed by atoms with van der Waals surface area (Å²) in [5, 5.41) is 4.20. The summed E-state index contributed by atoms with van der Waals surface area (Å²) in [6.45, 7) is 6.79. The van der Waals surface area contributed by atoms with Crippen LogP contribution in [0.25, 0.3) is 11.5 Å². The minimum Gasteiger partial charge on any atom is -0.461 e. The molecule has 2 aliphatic heterocycles. The van der Waals surface area contributed by atoms with Crippen LogP contribution in [0.15, 0.2) is 51.6 Å².